The van der Waals surface area contributed by atoms with Crippen LogP contribution < -0.4 is 0 Å². The van der Waals surface area contributed by atoms with Crippen LogP contribution in [0.2, 0.25) is 0 Å². The van der Waals surface area contributed by atoms with Crippen molar-refractivity contribution < 1.29 is 31.5 Å². The molecule has 1 N–H and O–H groups in total. The van der Waals surface area contributed by atoms with E-state index in [9.17, 15) is 26.4 Å². The Hall–Kier alpha value is -1.57. The highest BCUT2D eigenvalue weighted by Crippen LogP contribution is 2.30. The van der Waals surface area contributed by atoms with Crippen molar-refractivity contribution in [2.24, 2.45) is 5.92 Å². The first kappa shape index (κ1) is 16.5. The number of rotatable bonds is 4. The molecule has 20 heavy (non-hydrogen) atoms. The first-order valence-electron chi connectivity index (χ1n) is 5.62. The zero-order valence-electron chi connectivity index (χ0n) is 10.7. The van der Waals surface area contributed by atoms with Gasteiger partial charge in [0.05, 0.1) is 21.6 Å². The number of hydrogen-bond acceptors (Lipinski definition) is 3. The maximum atomic E-state index is 12.4. The number of carboxylic acids is 1. The first-order chi connectivity index (χ1) is 8.98. The van der Waals surface area contributed by atoms with Gasteiger partial charge >= 0.3 is 12.1 Å². The van der Waals surface area contributed by atoms with Crippen molar-refractivity contribution >= 4 is 15.8 Å². The third-order valence-electron chi connectivity index (χ3n) is 3.09. The summed E-state index contributed by atoms with van der Waals surface area (Å²) >= 11 is 0. The molecular formula is C12H13F3O4S. The molecule has 112 valence electrons. The number of sulfone groups is 1. The maximum Gasteiger partial charge on any atom is 0.416 e. The summed E-state index contributed by atoms with van der Waals surface area (Å²) in [7, 11) is -3.99. The van der Waals surface area contributed by atoms with Gasteiger partial charge in [-0.15, -0.1) is 0 Å². The molecule has 0 spiro atoms. The second-order valence-corrected chi connectivity index (χ2v) is 6.70. The molecule has 0 radical (unpaired) electrons. The van der Waals surface area contributed by atoms with Gasteiger partial charge in [-0.25, -0.2) is 8.42 Å². The summed E-state index contributed by atoms with van der Waals surface area (Å²) < 4.78 is 61.3. The van der Waals surface area contributed by atoms with Crippen LogP contribution in [-0.2, 0) is 20.8 Å². The summed E-state index contributed by atoms with van der Waals surface area (Å²) in [5.41, 5.74) is -0.963. The highest BCUT2D eigenvalue weighted by Gasteiger charge is 2.34. The van der Waals surface area contributed by atoms with Crippen LogP contribution in [0.15, 0.2) is 29.2 Å². The molecule has 1 rings (SSSR count). The Morgan fingerprint density at radius 2 is 1.60 bits per heavy atom. The third kappa shape index (κ3) is 3.30. The molecule has 0 fully saturated rings. The summed E-state index contributed by atoms with van der Waals surface area (Å²) in [5, 5.41) is 7.56. The molecule has 0 aromatic heterocycles. The Morgan fingerprint density at radius 3 is 1.95 bits per heavy atom. The zero-order chi connectivity index (χ0) is 15.7. The number of halogens is 3. The van der Waals surface area contributed by atoms with E-state index in [-0.39, 0.29) is 4.90 Å². The summed E-state index contributed by atoms with van der Waals surface area (Å²) in [6.45, 7) is 2.44. The first-order valence-corrected chi connectivity index (χ1v) is 7.16. The van der Waals surface area contributed by atoms with Crippen molar-refractivity contribution in [3.8, 4) is 0 Å². The number of benzene rings is 1. The van der Waals surface area contributed by atoms with Gasteiger partial charge in [0.2, 0.25) is 0 Å². The fourth-order valence-electron chi connectivity index (χ4n) is 1.52. The Morgan fingerprint density at radius 1 is 1.15 bits per heavy atom. The SMILES string of the molecule is CC(C(=O)O)C(C)S(=O)(=O)c1ccc(C(F)(F)F)cc1. The summed E-state index contributed by atoms with van der Waals surface area (Å²) in [6, 6.07) is 2.99. The van der Waals surface area contributed by atoms with Gasteiger partial charge in [-0.1, -0.05) is 6.92 Å². The Kier molecular flexibility index (Phi) is 4.48. The molecule has 0 aliphatic rings. The number of carboxylic acid groups (broad SMARTS) is 1. The Balaban J connectivity index is 3.14. The van der Waals surface area contributed by atoms with Gasteiger partial charge in [0.1, 0.15) is 0 Å². The Labute approximate surface area is 114 Å². The minimum absolute atomic E-state index is 0.328. The van der Waals surface area contributed by atoms with Crippen molar-refractivity contribution in [1.29, 1.82) is 0 Å². The molecule has 8 heteroatoms. The predicted octanol–water partition coefficient (Wildman–Crippen LogP) is 2.59. The lowest BCUT2D eigenvalue weighted by atomic mass is 10.1. The lowest BCUT2D eigenvalue weighted by molar-refractivity contribution is -0.141. The average molecular weight is 310 g/mol. The van der Waals surface area contributed by atoms with E-state index in [0.29, 0.717) is 12.1 Å². The van der Waals surface area contributed by atoms with Crippen LogP contribution in [0.25, 0.3) is 0 Å². The maximum absolute atomic E-state index is 12.4. The summed E-state index contributed by atoms with van der Waals surface area (Å²) in [5.74, 6) is -2.45. The molecule has 0 saturated carbocycles. The Bertz CT molecular complexity index is 590. The van der Waals surface area contributed by atoms with Crippen LogP contribution in [-0.4, -0.2) is 24.7 Å². The van der Waals surface area contributed by atoms with Gasteiger partial charge in [-0.3, -0.25) is 4.79 Å². The third-order valence-corrected chi connectivity index (χ3v) is 5.41. The second-order valence-electron chi connectivity index (χ2n) is 4.40. The fraction of sp³-hybridized carbons (Fsp3) is 0.417. The lowest BCUT2D eigenvalue weighted by Crippen LogP contribution is -2.30. The molecule has 2 atom stereocenters. The summed E-state index contributed by atoms with van der Waals surface area (Å²) in [6.07, 6.45) is -4.55. The molecule has 0 amide bonds. The van der Waals surface area contributed by atoms with E-state index in [0.717, 1.165) is 12.1 Å². The highest BCUT2D eigenvalue weighted by atomic mass is 32.2. The van der Waals surface area contributed by atoms with E-state index >= 15 is 0 Å². The average Bonchev–Trinajstić information content (AvgIpc) is 2.35. The van der Waals surface area contributed by atoms with E-state index in [1.165, 1.54) is 13.8 Å². The van der Waals surface area contributed by atoms with Crippen LogP contribution in [0.5, 0.6) is 0 Å². The molecule has 2 unspecified atom stereocenters. The number of alkyl halides is 3. The van der Waals surface area contributed by atoms with E-state index in [1.807, 2.05) is 0 Å². The van der Waals surface area contributed by atoms with Gasteiger partial charge in [0.15, 0.2) is 9.84 Å². The molecule has 0 saturated heterocycles. The summed E-state index contributed by atoms with van der Waals surface area (Å²) in [4.78, 5) is 10.5. The molecular weight excluding hydrogens is 297 g/mol. The van der Waals surface area contributed by atoms with Crippen molar-refractivity contribution in [2.75, 3.05) is 0 Å². The smallest absolute Gasteiger partial charge is 0.416 e. The van der Waals surface area contributed by atoms with E-state index in [2.05, 4.69) is 0 Å². The van der Waals surface area contributed by atoms with Crippen molar-refractivity contribution in [3.05, 3.63) is 29.8 Å². The van der Waals surface area contributed by atoms with Crippen LogP contribution in [0, 0.1) is 5.92 Å². The fourth-order valence-corrected chi connectivity index (χ4v) is 3.12. The zero-order valence-corrected chi connectivity index (χ0v) is 11.5. The van der Waals surface area contributed by atoms with Crippen LogP contribution in [0.1, 0.15) is 19.4 Å². The molecule has 0 aliphatic carbocycles. The second kappa shape index (κ2) is 5.43. The van der Waals surface area contributed by atoms with Crippen LogP contribution in [0.4, 0.5) is 13.2 Å². The standard InChI is InChI=1S/C12H13F3O4S/c1-7(11(16)17)8(2)20(18,19)10-5-3-9(4-6-10)12(13,14)15/h3-8H,1-2H3,(H,16,17). The lowest BCUT2D eigenvalue weighted by Gasteiger charge is -2.17. The topological polar surface area (TPSA) is 71.4 Å². The van der Waals surface area contributed by atoms with Gasteiger partial charge in [-0.05, 0) is 31.2 Å². The highest BCUT2D eigenvalue weighted by molar-refractivity contribution is 7.92. The number of carbonyl (C=O) groups is 1. The van der Waals surface area contributed by atoms with Crippen molar-refractivity contribution in [2.45, 2.75) is 30.2 Å². The van der Waals surface area contributed by atoms with Gasteiger partial charge in [0, 0.05) is 0 Å². The van der Waals surface area contributed by atoms with E-state index in [1.54, 1.807) is 0 Å². The van der Waals surface area contributed by atoms with Gasteiger partial charge in [-0.2, -0.15) is 13.2 Å². The van der Waals surface area contributed by atoms with Crippen molar-refractivity contribution in [1.82, 2.24) is 0 Å². The van der Waals surface area contributed by atoms with Gasteiger partial charge < -0.3 is 5.11 Å². The molecule has 0 heterocycles. The molecule has 1 aromatic rings. The van der Waals surface area contributed by atoms with Crippen molar-refractivity contribution in [3.63, 3.8) is 0 Å². The number of hydrogen-bond donors (Lipinski definition) is 1. The van der Waals surface area contributed by atoms with Gasteiger partial charge in [0.25, 0.3) is 0 Å². The quantitative estimate of drug-likeness (QED) is 0.928. The predicted molar refractivity (Wildman–Crippen MR) is 64.9 cm³/mol. The van der Waals surface area contributed by atoms with E-state index < -0.39 is 38.7 Å². The number of aliphatic carboxylic acids is 1. The minimum atomic E-state index is -4.55. The molecule has 1 aromatic carbocycles. The van der Waals surface area contributed by atoms with Crippen LogP contribution in [0.3, 0.4) is 0 Å². The molecule has 4 nitrogen and oxygen atoms in total. The minimum Gasteiger partial charge on any atom is -0.481 e. The molecule has 0 aliphatic heterocycles. The van der Waals surface area contributed by atoms with E-state index in [4.69, 9.17) is 5.11 Å². The normalized spacial score (nSPS) is 15.7. The van der Waals surface area contributed by atoms with Crippen LogP contribution >= 0.6 is 0 Å². The monoisotopic (exact) mass is 310 g/mol. The largest absolute Gasteiger partial charge is 0.481 e. The molecule has 0 bridgehead atoms.